The van der Waals surface area contributed by atoms with Crippen molar-refractivity contribution in [2.24, 2.45) is 0 Å². The molecule has 0 bridgehead atoms. The second-order valence-electron chi connectivity index (χ2n) is 5.90. The quantitative estimate of drug-likeness (QED) is 0.890. The first-order valence-electron chi connectivity index (χ1n) is 7.98. The normalized spacial score (nSPS) is 15.7. The molecule has 0 fully saturated rings. The van der Waals surface area contributed by atoms with Crippen LogP contribution in [0.3, 0.4) is 0 Å². The molecule has 0 amide bonds. The van der Waals surface area contributed by atoms with Gasteiger partial charge in [-0.05, 0) is 29.7 Å². The topological polar surface area (TPSA) is 41.9 Å². The highest BCUT2D eigenvalue weighted by Crippen LogP contribution is 2.20. The molecule has 122 valence electrons. The van der Waals surface area contributed by atoms with Gasteiger partial charge in [0.25, 0.3) is 0 Å². The third kappa shape index (κ3) is 4.24. The van der Waals surface area contributed by atoms with Gasteiger partial charge in [0.15, 0.2) is 0 Å². The number of benzene rings is 2. The monoisotopic (exact) mass is 313 g/mol. The first-order chi connectivity index (χ1) is 11.2. The molecule has 1 aliphatic rings. The number of hydrogen-bond donors (Lipinski definition) is 1. The highest BCUT2D eigenvalue weighted by atomic mass is 16.5. The molecule has 1 heterocycles. The number of aliphatic hydroxyl groups is 1. The van der Waals surface area contributed by atoms with Crippen LogP contribution in [0.25, 0.3) is 0 Å². The SMILES string of the molecule is COc1cccc(OC[C@H](O)CN2CCc3ccccc3C2)c1. The molecular formula is C19H23NO3. The van der Waals surface area contributed by atoms with Gasteiger partial charge < -0.3 is 14.6 Å². The number of fused-ring (bicyclic) bond motifs is 1. The summed E-state index contributed by atoms with van der Waals surface area (Å²) in [4.78, 5) is 2.28. The molecule has 0 radical (unpaired) electrons. The molecule has 0 unspecified atom stereocenters. The van der Waals surface area contributed by atoms with Gasteiger partial charge in [-0.2, -0.15) is 0 Å². The standard InChI is InChI=1S/C19H23NO3/c1-22-18-7-4-8-19(11-18)23-14-17(21)13-20-10-9-15-5-2-3-6-16(15)12-20/h2-8,11,17,21H,9-10,12-14H2,1H3/t17-/m1/s1. The van der Waals surface area contributed by atoms with Crippen LogP contribution in [0, 0.1) is 0 Å². The Labute approximate surface area is 137 Å². The Hall–Kier alpha value is -2.04. The fourth-order valence-corrected chi connectivity index (χ4v) is 2.94. The van der Waals surface area contributed by atoms with Crippen LogP contribution in [0.15, 0.2) is 48.5 Å². The molecule has 1 atom stereocenters. The number of β-amino-alcohol motifs (C(OH)–C–C–N with tert-alkyl or cyclic N) is 1. The molecule has 0 aliphatic carbocycles. The third-order valence-corrected chi connectivity index (χ3v) is 4.16. The highest BCUT2D eigenvalue weighted by Gasteiger charge is 2.18. The van der Waals surface area contributed by atoms with Gasteiger partial charge in [-0.15, -0.1) is 0 Å². The Kier molecular flexibility index (Phi) is 5.16. The van der Waals surface area contributed by atoms with Gasteiger partial charge in [0, 0.05) is 25.7 Å². The van der Waals surface area contributed by atoms with Crippen molar-refractivity contribution in [2.45, 2.75) is 19.1 Å². The van der Waals surface area contributed by atoms with E-state index in [1.54, 1.807) is 7.11 Å². The van der Waals surface area contributed by atoms with Gasteiger partial charge in [0.2, 0.25) is 0 Å². The zero-order valence-electron chi connectivity index (χ0n) is 13.4. The molecule has 3 rings (SSSR count). The summed E-state index contributed by atoms with van der Waals surface area (Å²) in [6.45, 7) is 2.78. The number of nitrogens with zero attached hydrogens (tertiary/aromatic N) is 1. The summed E-state index contributed by atoms with van der Waals surface area (Å²) >= 11 is 0. The average molecular weight is 313 g/mol. The Morgan fingerprint density at radius 1 is 1.09 bits per heavy atom. The van der Waals surface area contributed by atoms with Gasteiger partial charge >= 0.3 is 0 Å². The van der Waals surface area contributed by atoms with Gasteiger partial charge in [0.05, 0.1) is 7.11 Å². The van der Waals surface area contributed by atoms with Crippen molar-refractivity contribution in [1.82, 2.24) is 4.90 Å². The van der Waals surface area contributed by atoms with E-state index in [-0.39, 0.29) is 6.61 Å². The number of ether oxygens (including phenoxy) is 2. The van der Waals surface area contributed by atoms with Crippen LogP contribution < -0.4 is 9.47 Å². The predicted molar refractivity (Wildman–Crippen MR) is 89.9 cm³/mol. The molecule has 4 nitrogen and oxygen atoms in total. The van der Waals surface area contributed by atoms with E-state index >= 15 is 0 Å². The lowest BCUT2D eigenvalue weighted by molar-refractivity contribution is 0.0637. The number of aliphatic hydroxyl groups excluding tert-OH is 1. The molecule has 2 aromatic carbocycles. The largest absolute Gasteiger partial charge is 0.497 e. The average Bonchev–Trinajstić information content (AvgIpc) is 2.60. The fourth-order valence-electron chi connectivity index (χ4n) is 2.94. The van der Waals surface area contributed by atoms with Crippen LogP contribution >= 0.6 is 0 Å². The van der Waals surface area contributed by atoms with Crippen LogP contribution in [-0.2, 0) is 13.0 Å². The second kappa shape index (κ2) is 7.49. The summed E-state index contributed by atoms with van der Waals surface area (Å²) in [6, 6.07) is 16.0. The Morgan fingerprint density at radius 3 is 2.70 bits per heavy atom. The van der Waals surface area contributed by atoms with Crippen LogP contribution in [0.2, 0.25) is 0 Å². The van der Waals surface area contributed by atoms with Crippen molar-refractivity contribution >= 4 is 0 Å². The van der Waals surface area contributed by atoms with E-state index in [9.17, 15) is 5.11 Å². The summed E-state index contributed by atoms with van der Waals surface area (Å²) in [7, 11) is 1.63. The molecule has 4 heteroatoms. The lowest BCUT2D eigenvalue weighted by Crippen LogP contribution is -2.38. The first-order valence-corrected chi connectivity index (χ1v) is 7.98. The minimum Gasteiger partial charge on any atom is -0.497 e. The lowest BCUT2D eigenvalue weighted by Gasteiger charge is -2.30. The van der Waals surface area contributed by atoms with Crippen molar-refractivity contribution in [3.8, 4) is 11.5 Å². The maximum Gasteiger partial charge on any atom is 0.123 e. The van der Waals surface area contributed by atoms with Crippen molar-refractivity contribution in [3.05, 3.63) is 59.7 Å². The van der Waals surface area contributed by atoms with E-state index in [4.69, 9.17) is 9.47 Å². The summed E-state index contributed by atoms with van der Waals surface area (Å²) in [5, 5.41) is 10.2. The maximum absolute atomic E-state index is 10.2. The molecule has 0 saturated heterocycles. The minimum atomic E-state index is -0.508. The molecule has 0 spiro atoms. The number of rotatable bonds is 6. The van der Waals surface area contributed by atoms with Crippen molar-refractivity contribution in [1.29, 1.82) is 0 Å². The van der Waals surface area contributed by atoms with Gasteiger partial charge in [0.1, 0.15) is 24.2 Å². The van der Waals surface area contributed by atoms with Gasteiger partial charge in [-0.3, -0.25) is 4.90 Å². The molecule has 1 aliphatic heterocycles. The summed E-state index contributed by atoms with van der Waals surface area (Å²) < 4.78 is 10.8. The summed E-state index contributed by atoms with van der Waals surface area (Å²) in [5.74, 6) is 1.47. The smallest absolute Gasteiger partial charge is 0.123 e. The van der Waals surface area contributed by atoms with Crippen LogP contribution in [0.4, 0.5) is 0 Å². The third-order valence-electron chi connectivity index (χ3n) is 4.16. The van der Waals surface area contributed by atoms with E-state index in [0.29, 0.717) is 12.3 Å². The lowest BCUT2D eigenvalue weighted by atomic mass is 10.00. The zero-order chi connectivity index (χ0) is 16.1. The fraction of sp³-hybridized carbons (Fsp3) is 0.368. The van der Waals surface area contributed by atoms with Crippen LogP contribution in [0.1, 0.15) is 11.1 Å². The van der Waals surface area contributed by atoms with E-state index in [0.717, 1.165) is 25.3 Å². The highest BCUT2D eigenvalue weighted by molar-refractivity contribution is 5.33. The van der Waals surface area contributed by atoms with E-state index in [1.807, 2.05) is 24.3 Å². The van der Waals surface area contributed by atoms with Crippen LogP contribution in [0.5, 0.6) is 11.5 Å². The Balaban J connectivity index is 1.49. The first kappa shape index (κ1) is 15.8. The zero-order valence-corrected chi connectivity index (χ0v) is 13.4. The maximum atomic E-state index is 10.2. The predicted octanol–water partition coefficient (Wildman–Crippen LogP) is 2.49. The van der Waals surface area contributed by atoms with Crippen molar-refractivity contribution in [3.63, 3.8) is 0 Å². The number of hydrogen-bond acceptors (Lipinski definition) is 4. The summed E-state index contributed by atoms with van der Waals surface area (Å²) in [6.07, 6.45) is 0.533. The minimum absolute atomic E-state index is 0.283. The molecule has 0 saturated carbocycles. The van der Waals surface area contributed by atoms with E-state index < -0.39 is 6.10 Å². The van der Waals surface area contributed by atoms with E-state index in [1.165, 1.54) is 11.1 Å². The Morgan fingerprint density at radius 2 is 1.87 bits per heavy atom. The summed E-state index contributed by atoms with van der Waals surface area (Å²) in [5.41, 5.74) is 2.78. The molecule has 1 N–H and O–H groups in total. The second-order valence-corrected chi connectivity index (χ2v) is 5.90. The van der Waals surface area contributed by atoms with Crippen molar-refractivity contribution in [2.75, 3.05) is 26.8 Å². The Bertz CT molecular complexity index is 644. The molecular weight excluding hydrogens is 290 g/mol. The van der Waals surface area contributed by atoms with Crippen LogP contribution in [-0.4, -0.2) is 42.9 Å². The number of methoxy groups -OCH3 is 1. The van der Waals surface area contributed by atoms with E-state index in [2.05, 4.69) is 29.2 Å². The molecule has 23 heavy (non-hydrogen) atoms. The van der Waals surface area contributed by atoms with Gasteiger partial charge in [-0.1, -0.05) is 30.3 Å². The molecule has 2 aromatic rings. The van der Waals surface area contributed by atoms with Crippen molar-refractivity contribution < 1.29 is 14.6 Å². The molecule has 0 aromatic heterocycles. The van der Waals surface area contributed by atoms with Gasteiger partial charge in [-0.25, -0.2) is 0 Å².